The number of carboxylic acid groups (broad SMARTS) is 1. The molecule has 0 aromatic heterocycles. The predicted octanol–water partition coefficient (Wildman–Crippen LogP) is 5.09. The molecule has 0 spiro atoms. The Kier molecular flexibility index (Phi) is 9.70. The summed E-state index contributed by atoms with van der Waals surface area (Å²) in [5, 5.41) is 14.4. The first-order chi connectivity index (χ1) is 16.9. The first-order valence-electron chi connectivity index (χ1n) is 12.5. The number of benzene rings is 2. The van der Waals surface area contributed by atoms with Gasteiger partial charge in [0.25, 0.3) is 0 Å². The molecule has 2 atom stereocenters. The summed E-state index contributed by atoms with van der Waals surface area (Å²) >= 11 is 0. The van der Waals surface area contributed by atoms with E-state index in [2.05, 4.69) is 34.9 Å². The number of alkyl carbamates (subject to hydrolysis) is 1. The van der Waals surface area contributed by atoms with Crippen LogP contribution in [-0.4, -0.2) is 42.3 Å². The zero-order valence-electron chi connectivity index (χ0n) is 20.6. The van der Waals surface area contributed by atoms with E-state index in [1.165, 1.54) is 0 Å². The lowest BCUT2D eigenvalue weighted by atomic mass is 9.98. The van der Waals surface area contributed by atoms with Crippen molar-refractivity contribution in [3.63, 3.8) is 0 Å². The Hall–Kier alpha value is -3.35. The summed E-state index contributed by atoms with van der Waals surface area (Å²) < 4.78 is 5.63. The Labute approximate surface area is 207 Å². The van der Waals surface area contributed by atoms with Crippen LogP contribution in [0.5, 0.6) is 0 Å². The number of unbranched alkanes of at least 4 members (excludes halogenated alkanes) is 3. The molecule has 2 amide bonds. The molecule has 1 aliphatic rings. The van der Waals surface area contributed by atoms with Crippen LogP contribution >= 0.6 is 0 Å². The molecule has 0 aliphatic heterocycles. The fourth-order valence-electron chi connectivity index (χ4n) is 4.55. The zero-order valence-corrected chi connectivity index (χ0v) is 20.6. The van der Waals surface area contributed by atoms with Crippen LogP contribution in [0.4, 0.5) is 4.79 Å². The minimum absolute atomic E-state index is 0.0369. The number of fused-ring (bicyclic) bond motifs is 3. The summed E-state index contributed by atoms with van der Waals surface area (Å²) in [5.74, 6) is -1.09. The summed E-state index contributed by atoms with van der Waals surface area (Å²) in [6, 6.07) is 15.6. The molecule has 0 radical (unpaired) electrons. The van der Waals surface area contributed by atoms with Crippen LogP contribution in [0.1, 0.15) is 69.4 Å². The molecule has 35 heavy (non-hydrogen) atoms. The Bertz CT molecular complexity index is 976. The molecule has 0 saturated heterocycles. The maximum Gasteiger partial charge on any atom is 0.407 e. The molecule has 7 heteroatoms. The molecular formula is C28H36N2O5. The molecule has 0 fully saturated rings. The van der Waals surface area contributed by atoms with Gasteiger partial charge >= 0.3 is 12.1 Å². The van der Waals surface area contributed by atoms with E-state index in [1.54, 1.807) is 0 Å². The number of rotatable bonds is 13. The number of amides is 2. The van der Waals surface area contributed by atoms with Gasteiger partial charge in [0.05, 0.1) is 0 Å². The number of carbonyl (C=O) groups is 3. The lowest BCUT2D eigenvalue weighted by Crippen LogP contribution is -2.50. The normalized spacial score (nSPS) is 13.9. The van der Waals surface area contributed by atoms with Crippen LogP contribution in [0, 0.1) is 5.92 Å². The van der Waals surface area contributed by atoms with E-state index in [0.717, 1.165) is 47.9 Å². The highest BCUT2D eigenvalue weighted by Gasteiger charge is 2.30. The van der Waals surface area contributed by atoms with Crippen molar-refractivity contribution in [1.82, 2.24) is 10.6 Å². The molecule has 1 aliphatic carbocycles. The topological polar surface area (TPSA) is 105 Å². The SMILES string of the molecule is CC[C@H](C)[C@H](NC(=O)OCC1c2ccccc2-c2ccccc21)C(=O)NCCCCCCC(=O)O. The Morgan fingerprint density at radius 1 is 0.943 bits per heavy atom. The van der Waals surface area contributed by atoms with Crippen molar-refractivity contribution in [3.8, 4) is 11.1 Å². The third kappa shape index (κ3) is 7.07. The van der Waals surface area contributed by atoms with Gasteiger partial charge in [-0.15, -0.1) is 0 Å². The highest BCUT2D eigenvalue weighted by molar-refractivity contribution is 5.86. The highest BCUT2D eigenvalue weighted by Crippen LogP contribution is 2.44. The predicted molar refractivity (Wildman–Crippen MR) is 135 cm³/mol. The van der Waals surface area contributed by atoms with E-state index < -0.39 is 18.1 Å². The van der Waals surface area contributed by atoms with Crippen molar-refractivity contribution in [1.29, 1.82) is 0 Å². The van der Waals surface area contributed by atoms with Crippen LogP contribution in [-0.2, 0) is 14.3 Å². The molecule has 0 heterocycles. The Morgan fingerprint density at radius 3 is 2.14 bits per heavy atom. The van der Waals surface area contributed by atoms with Gasteiger partial charge in [0.2, 0.25) is 5.91 Å². The zero-order chi connectivity index (χ0) is 25.2. The first-order valence-corrected chi connectivity index (χ1v) is 12.5. The molecule has 0 bridgehead atoms. The second-order valence-electron chi connectivity index (χ2n) is 9.18. The van der Waals surface area contributed by atoms with Gasteiger partial charge in [-0.05, 0) is 41.0 Å². The van der Waals surface area contributed by atoms with Crippen LogP contribution in [0.25, 0.3) is 11.1 Å². The van der Waals surface area contributed by atoms with E-state index in [0.29, 0.717) is 13.0 Å². The number of carboxylic acids is 1. The van der Waals surface area contributed by atoms with Crippen molar-refractivity contribution in [2.75, 3.05) is 13.2 Å². The van der Waals surface area contributed by atoms with Gasteiger partial charge < -0.3 is 20.5 Å². The van der Waals surface area contributed by atoms with Crippen molar-refractivity contribution in [2.45, 2.75) is 64.3 Å². The van der Waals surface area contributed by atoms with Crippen molar-refractivity contribution >= 4 is 18.0 Å². The molecule has 0 unspecified atom stereocenters. The van der Waals surface area contributed by atoms with Gasteiger partial charge in [-0.3, -0.25) is 9.59 Å². The Balaban J connectivity index is 1.51. The first kappa shape index (κ1) is 26.3. The van der Waals surface area contributed by atoms with Crippen LogP contribution in [0.2, 0.25) is 0 Å². The number of hydrogen-bond donors (Lipinski definition) is 3. The summed E-state index contributed by atoms with van der Waals surface area (Å²) in [7, 11) is 0. The van der Waals surface area contributed by atoms with Crippen molar-refractivity contribution < 1.29 is 24.2 Å². The van der Waals surface area contributed by atoms with E-state index >= 15 is 0 Å². The lowest BCUT2D eigenvalue weighted by molar-refractivity contribution is -0.137. The largest absolute Gasteiger partial charge is 0.481 e. The van der Waals surface area contributed by atoms with E-state index in [1.807, 2.05) is 38.1 Å². The molecule has 2 aromatic rings. The van der Waals surface area contributed by atoms with E-state index in [9.17, 15) is 14.4 Å². The third-order valence-corrected chi connectivity index (χ3v) is 6.73. The van der Waals surface area contributed by atoms with Gasteiger partial charge in [-0.25, -0.2) is 4.79 Å². The molecule has 0 saturated carbocycles. The summed E-state index contributed by atoms with van der Waals surface area (Å²) in [6.45, 7) is 4.60. The van der Waals surface area contributed by atoms with Crippen molar-refractivity contribution in [2.24, 2.45) is 5.92 Å². The lowest BCUT2D eigenvalue weighted by Gasteiger charge is -2.24. The summed E-state index contributed by atoms with van der Waals surface area (Å²) in [4.78, 5) is 36.0. The summed E-state index contributed by atoms with van der Waals surface area (Å²) in [6.07, 6.45) is 3.38. The number of aliphatic carboxylic acids is 1. The van der Waals surface area contributed by atoms with Crippen LogP contribution in [0.15, 0.2) is 48.5 Å². The average molecular weight is 481 g/mol. The third-order valence-electron chi connectivity index (χ3n) is 6.73. The summed E-state index contributed by atoms with van der Waals surface area (Å²) in [5.41, 5.74) is 4.61. The Morgan fingerprint density at radius 2 is 1.54 bits per heavy atom. The highest BCUT2D eigenvalue weighted by atomic mass is 16.5. The van der Waals surface area contributed by atoms with Gasteiger partial charge in [0.1, 0.15) is 12.6 Å². The van der Waals surface area contributed by atoms with E-state index in [-0.39, 0.29) is 30.8 Å². The fourth-order valence-corrected chi connectivity index (χ4v) is 4.55. The number of hydrogen-bond acceptors (Lipinski definition) is 4. The maximum atomic E-state index is 12.8. The minimum atomic E-state index is -0.783. The number of ether oxygens (including phenoxy) is 1. The molecule has 3 N–H and O–H groups in total. The van der Waals surface area contributed by atoms with Crippen LogP contribution < -0.4 is 10.6 Å². The smallest absolute Gasteiger partial charge is 0.407 e. The second-order valence-corrected chi connectivity index (χ2v) is 9.18. The second kappa shape index (κ2) is 12.9. The molecule has 3 rings (SSSR count). The van der Waals surface area contributed by atoms with Gasteiger partial charge in [-0.2, -0.15) is 0 Å². The monoisotopic (exact) mass is 480 g/mol. The molecular weight excluding hydrogens is 444 g/mol. The fraction of sp³-hybridized carbons (Fsp3) is 0.464. The quantitative estimate of drug-likeness (QED) is 0.346. The van der Waals surface area contributed by atoms with Gasteiger partial charge in [-0.1, -0.05) is 81.6 Å². The van der Waals surface area contributed by atoms with E-state index in [4.69, 9.17) is 9.84 Å². The molecule has 7 nitrogen and oxygen atoms in total. The number of carbonyl (C=O) groups excluding carboxylic acids is 2. The minimum Gasteiger partial charge on any atom is -0.481 e. The molecule has 2 aromatic carbocycles. The van der Waals surface area contributed by atoms with Gasteiger partial charge in [0.15, 0.2) is 0 Å². The van der Waals surface area contributed by atoms with Gasteiger partial charge in [0, 0.05) is 18.9 Å². The standard InChI is InChI=1S/C28H36N2O5/c1-3-19(2)26(27(33)29-17-11-5-4-6-16-25(31)32)30-28(34)35-18-24-22-14-9-7-12-20(22)21-13-8-10-15-23(21)24/h7-10,12-15,19,24,26H,3-6,11,16-18H2,1-2H3,(H,29,33)(H,30,34)(H,31,32)/t19-,26-/m0/s1. The maximum absolute atomic E-state index is 12.8. The van der Waals surface area contributed by atoms with Crippen LogP contribution in [0.3, 0.4) is 0 Å². The average Bonchev–Trinajstić information content (AvgIpc) is 3.18. The molecule has 188 valence electrons. The number of nitrogens with one attached hydrogen (secondary N) is 2. The van der Waals surface area contributed by atoms with Crippen molar-refractivity contribution in [3.05, 3.63) is 59.7 Å².